The number of carbonyl (C=O) groups is 1. The summed E-state index contributed by atoms with van der Waals surface area (Å²) in [6.07, 6.45) is 1.31. The van der Waals surface area contributed by atoms with Crippen molar-refractivity contribution in [1.82, 2.24) is 9.78 Å². The topological polar surface area (TPSA) is 72.9 Å². The van der Waals surface area contributed by atoms with E-state index >= 15 is 0 Å². The van der Waals surface area contributed by atoms with Crippen LogP contribution >= 0.6 is 15.9 Å². The van der Waals surface area contributed by atoms with Crippen molar-refractivity contribution in [1.29, 1.82) is 0 Å². The van der Waals surface area contributed by atoms with Crippen LogP contribution in [0.25, 0.3) is 0 Å². The standard InChI is InChI=1S/C12H11BrF2N4O/c1-2-19-11(9(16)5-17-19)12(20)18-10-7(14)3-6(13)4-8(10)15/h3-5H,2,16H2,1H3,(H,18,20). The summed E-state index contributed by atoms with van der Waals surface area (Å²) >= 11 is 2.96. The molecular weight excluding hydrogens is 334 g/mol. The molecule has 1 heterocycles. The summed E-state index contributed by atoms with van der Waals surface area (Å²) in [6, 6.07) is 2.11. The van der Waals surface area contributed by atoms with Crippen molar-refractivity contribution in [3.05, 3.63) is 40.1 Å². The largest absolute Gasteiger partial charge is 0.396 e. The number of nitrogens with zero attached hydrogens (tertiary/aromatic N) is 2. The number of carbonyl (C=O) groups excluding carboxylic acids is 1. The third-order valence-electron chi connectivity index (χ3n) is 2.63. The maximum absolute atomic E-state index is 13.7. The number of anilines is 2. The maximum Gasteiger partial charge on any atom is 0.276 e. The number of nitrogen functional groups attached to an aromatic ring is 1. The second-order valence-corrected chi connectivity index (χ2v) is 4.88. The van der Waals surface area contributed by atoms with Gasteiger partial charge in [-0.1, -0.05) is 15.9 Å². The highest BCUT2D eigenvalue weighted by molar-refractivity contribution is 9.10. The molecule has 8 heteroatoms. The highest BCUT2D eigenvalue weighted by atomic mass is 79.9. The van der Waals surface area contributed by atoms with Crippen molar-refractivity contribution in [3.63, 3.8) is 0 Å². The van der Waals surface area contributed by atoms with Gasteiger partial charge in [0.25, 0.3) is 5.91 Å². The number of halogens is 3. The normalized spacial score (nSPS) is 10.6. The number of aromatic nitrogens is 2. The number of rotatable bonds is 3. The van der Waals surface area contributed by atoms with Gasteiger partial charge < -0.3 is 11.1 Å². The zero-order valence-corrected chi connectivity index (χ0v) is 12.0. The molecular formula is C12H11BrF2N4O. The molecule has 0 aliphatic heterocycles. The van der Waals surface area contributed by atoms with E-state index in [1.807, 2.05) is 0 Å². The lowest BCUT2D eigenvalue weighted by Gasteiger charge is -2.09. The fourth-order valence-electron chi connectivity index (χ4n) is 1.72. The number of nitrogens with one attached hydrogen (secondary N) is 1. The van der Waals surface area contributed by atoms with E-state index in [0.717, 1.165) is 12.1 Å². The zero-order valence-electron chi connectivity index (χ0n) is 10.5. The first-order valence-electron chi connectivity index (χ1n) is 5.71. The Balaban J connectivity index is 2.35. The van der Waals surface area contributed by atoms with Crippen LogP contribution in [0, 0.1) is 11.6 Å². The van der Waals surface area contributed by atoms with Gasteiger partial charge in [0.15, 0.2) is 11.6 Å². The van der Waals surface area contributed by atoms with Crippen LogP contribution in [0.1, 0.15) is 17.4 Å². The molecule has 5 nitrogen and oxygen atoms in total. The molecule has 20 heavy (non-hydrogen) atoms. The summed E-state index contributed by atoms with van der Waals surface area (Å²) in [5.74, 6) is -2.49. The fourth-order valence-corrected chi connectivity index (χ4v) is 2.12. The van der Waals surface area contributed by atoms with Crippen molar-refractivity contribution in [2.24, 2.45) is 0 Å². The summed E-state index contributed by atoms with van der Waals surface area (Å²) < 4.78 is 28.9. The zero-order chi connectivity index (χ0) is 14.9. The van der Waals surface area contributed by atoms with E-state index in [1.165, 1.54) is 10.9 Å². The molecule has 0 spiro atoms. The average Bonchev–Trinajstić information content (AvgIpc) is 2.74. The van der Waals surface area contributed by atoms with Crippen LogP contribution in [0.4, 0.5) is 20.2 Å². The molecule has 1 amide bonds. The van der Waals surface area contributed by atoms with Crippen molar-refractivity contribution in [3.8, 4) is 0 Å². The molecule has 1 aromatic heterocycles. The van der Waals surface area contributed by atoms with E-state index in [0.29, 0.717) is 6.54 Å². The third-order valence-corrected chi connectivity index (χ3v) is 3.09. The quantitative estimate of drug-likeness (QED) is 0.899. The Hall–Kier alpha value is -1.96. The van der Waals surface area contributed by atoms with Crippen LogP contribution in [-0.2, 0) is 6.54 Å². The van der Waals surface area contributed by atoms with E-state index < -0.39 is 23.2 Å². The van der Waals surface area contributed by atoms with Crippen LogP contribution in [0.15, 0.2) is 22.8 Å². The summed E-state index contributed by atoms with van der Waals surface area (Å²) in [6.45, 7) is 2.18. The fraction of sp³-hybridized carbons (Fsp3) is 0.167. The molecule has 2 aromatic rings. The molecule has 2 rings (SSSR count). The molecule has 106 valence electrons. The number of hydrogen-bond acceptors (Lipinski definition) is 3. The average molecular weight is 345 g/mol. The van der Waals surface area contributed by atoms with E-state index in [9.17, 15) is 13.6 Å². The summed E-state index contributed by atoms with van der Waals surface area (Å²) in [4.78, 5) is 12.1. The van der Waals surface area contributed by atoms with Crippen LogP contribution in [0.2, 0.25) is 0 Å². The van der Waals surface area contributed by atoms with E-state index in [2.05, 4.69) is 26.3 Å². The highest BCUT2D eigenvalue weighted by Gasteiger charge is 2.20. The van der Waals surface area contributed by atoms with E-state index in [1.54, 1.807) is 6.92 Å². The Kier molecular flexibility index (Phi) is 4.03. The van der Waals surface area contributed by atoms with Gasteiger partial charge in [0.1, 0.15) is 11.4 Å². The van der Waals surface area contributed by atoms with Gasteiger partial charge in [-0.3, -0.25) is 9.48 Å². The summed E-state index contributed by atoms with van der Waals surface area (Å²) in [5, 5.41) is 6.06. The molecule has 0 unspecified atom stereocenters. The SMILES string of the molecule is CCn1ncc(N)c1C(=O)Nc1c(F)cc(Br)cc1F. The number of nitrogens with two attached hydrogens (primary N) is 1. The van der Waals surface area contributed by atoms with Crippen molar-refractivity contribution < 1.29 is 13.6 Å². The monoisotopic (exact) mass is 344 g/mol. The molecule has 3 N–H and O–H groups in total. The van der Waals surface area contributed by atoms with Crippen LogP contribution in [0.5, 0.6) is 0 Å². The summed E-state index contributed by atoms with van der Waals surface area (Å²) in [7, 11) is 0. The van der Waals surface area contributed by atoms with Crippen molar-refractivity contribution in [2.75, 3.05) is 11.1 Å². The van der Waals surface area contributed by atoms with Gasteiger partial charge in [-0.15, -0.1) is 0 Å². The first kappa shape index (κ1) is 14.4. The van der Waals surface area contributed by atoms with Crippen molar-refractivity contribution >= 4 is 33.2 Å². The minimum Gasteiger partial charge on any atom is -0.396 e. The molecule has 0 radical (unpaired) electrons. The Morgan fingerprint density at radius 1 is 1.45 bits per heavy atom. The third kappa shape index (κ3) is 2.64. The molecule has 0 aliphatic carbocycles. The van der Waals surface area contributed by atoms with Gasteiger partial charge in [0.05, 0.1) is 11.9 Å². The van der Waals surface area contributed by atoms with Gasteiger partial charge in [-0.05, 0) is 19.1 Å². The lowest BCUT2D eigenvalue weighted by atomic mass is 10.2. The Morgan fingerprint density at radius 2 is 2.05 bits per heavy atom. The van der Waals surface area contributed by atoms with E-state index in [-0.39, 0.29) is 15.9 Å². The van der Waals surface area contributed by atoms with Crippen molar-refractivity contribution in [2.45, 2.75) is 13.5 Å². The van der Waals surface area contributed by atoms with Crippen LogP contribution < -0.4 is 11.1 Å². The van der Waals surface area contributed by atoms with Gasteiger partial charge >= 0.3 is 0 Å². The Bertz CT molecular complexity index is 648. The molecule has 0 aliphatic rings. The highest BCUT2D eigenvalue weighted by Crippen LogP contribution is 2.24. The first-order chi connectivity index (χ1) is 9.43. The maximum atomic E-state index is 13.7. The van der Waals surface area contributed by atoms with E-state index in [4.69, 9.17) is 5.73 Å². The van der Waals surface area contributed by atoms with Gasteiger partial charge in [0.2, 0.25) is 0 Å². The number of hydrogen-bond donors (Lipinski definition) is 2. The predicted molar refractivity (Wildman–Crippen MR) is 74.3 cm³/mol. The minimum absolute atomic E-state index is 0.0641. The van der Waals surface area contributed by atoms with Gasteiger partial charge in [0, 0.05) is 11.0 Å². The van der Waals surface area contributed by atoms with Crippen LogP contribution in [0.3, 0.4) is 0 Å². The lowest BCUT2D eigenvalue weighted by molar-refractivity contribution is 0.101. The molecule has 1 aromatic carbocycles. The van der Waals surface area contributed by atoms with Crippen LogP contribution in [-0.4, -0.2) is 15.7 Å². The molecule has 0 atom stereocenters. The van der Waals surface area contributed by atoms with Gasteiger partial charge in [-0.2, -0.15) is 5.10 Å². The molecule has 0 saturated carbocycles. The van der Waals surface area contributed by atoms with Gasteiger partial charge in [-0.25, -0.2) is 8.78 Å². The minimum atomic E-state index is -0.883. The smallest absolute Gasteiger partial charge is 0.276 e. The Morgan fingerprint density at radius 3 is 2.60 bits per heavy atom. The molecule has 0 fully saturated rings. The Labute approximate surface area is 121 Å². The number of aryl methyl sites for hydroxylation is 1. The summed E-state index contributed by atoms with van der Waals surface area (Å²) in [5.41, 5.74) is 5.31. The number of amides is 1. The lowest BCUT2D eigenvalue weighted by Crippen LogP contribution is -2.20. The predicted octanol–water partition coefficient (Wildman–Crippen LogP) is 2.78. The second kappa shape index (κ2) is 5.58. The molecule has 0 bridgehead atoms. The molecule has 0 saturated heterocycles. The first-order valence-corrected chi connectivity index (χ1v) is 6.50. The second-order valence-electron chi connectivity index (χ2n) is 3.96. The number of benzene rings is 1.